The van der Waals surface area contributed by atoms with Crippen LogP contribution in [0, 0.1) is 6.92 Å². The Kier molecular flexibility index (Phi) is 5.76. The summed E-state index contributed by atoms with van der Waals surface area (Å²) in [7, 11) is 3.35. The van der Waals surface area contributed by atoms with Gasteiger partial charge in [0.05, 0.1) is 34.6 Å². The van der Waals surface area contributed by atoms with Crippen LogP contribution in [0.25, 0.3) is 11.0 Å². The molecular weight excluding hydrogens is 382 g/mol. The average Bonchev–Trinajstić information content (AvgIpc) is 2.64. The third-order valence-corrected chi connectivity index (χ3v) is 4.77. The molecule has 2 heterocycles. The van der Waals surface area contributed by atoms with Crippen LogP contribution < -0.4 is 21.0 Å². The molecule has 0 aliphatic carbocycles. The summed E-state index contributed by atoms with van der Waals surface area (Å²) in [6, 6.07) is 6.86. The molecule has 0 spiro atoms. The Balaban J connectivity index is 2.22. The number of aliphatic hydroxyl groups is 1. The van der Waals surface area contributed by atoms with Gasteiger partial charge in [0.25, 0.3) is 5.56 Å². The Morgan fingerprint density at radius 2 is 1.93 bits per heavy atom. The van der Waals surface area contributed by atoms with Crippen molar-refractivity contribution in [3.63, 3.8) is 0 Å². The lowest BCUT2D eigenvalue weighted by Gasteiger charge is -2.17. The lowest BCUT2D eigenvalue weighted by atomic mass is 10.2. The minimum Gasteiger partial charge on any atom is -0.488 e. The molecule has 3 rings (SSSR count). The van der Waals surface area contributed by atoms with Gasteiger partial charge in [-0.3, -0.25) is 14.2 Å². The smallest absolute Gasteiger partial charge is 0.253 e. The minimum atomic E-state index is -0.340. The molecule has 1 aromatic carbocycles. The van der Waals surface area contributed by atoms with Gasteiger partial charge in [0, 0.05) is 33.2 Å². The van der Waals surface area contributed by atoms with E-state index < -0.39 is 0 Å². The van der Waals surface area contributed by atoms with Crippen molar-refractivity contribution in [2.45, 2.75) is 13.3 Å². The summed E-state index contributed by atoms with van der Waals surface area (Å²) in [6.07, 6.45) is 1.96. The SMILES string of the molecule is Cc1ccc(Nc2cc(=O)n(C)c3c2c(=O)c(OCCCO)cn3C)c(Cl)c1. The standard InChI is InChI=1S/C20H22ClN3O4/c1-12-5-6-14(13(21)9-12)22-15-10-17(26)24(3)20-18(15)19(27)16(11-23(20)2)28-8-4-7-25/h5-6,9-11,22,25H,4,7-8H2,1-3H3. The topological polar surface area (TPSA) is 85.5 Å². The zero-order valence-electron chi connectivity index (χ0n) is 16.0. The zero-order chi connectivity index (χ0) is 20.4. The molecule has 0 unspecified atom stereocenters. The highest BCUT2D eigenvalue weighted by atomic mass is 35.5. The number of hydrogen-bond acceptors (Lipinski definition) is 5. The Labute approximate surface area is 166 Å². The number of aromatic nitrogens is 2. The monoisotopic (exact) mass is 403 g/mol. The van der Waals surface area contributed by atoms with Crippen molar-refractivity contribution in [1.82, 2.24) is 9.13 Å². The van der Waals surface area contributed by atoms with Crippen LogP contribution in [-0.2, 0) is 14.1 Å². The van der Waals surface area contributed by atoms with Crippen molar-refractivity contribution in [2.75, 3.05) is 18.5 Å². The van der Waals surface area contributed by atoms with Crippen molar-refractivity contribution in [1.29, 1.82) is 0 Å². The van der Waals surface area contributed by atoms with Crippen LogP contribution in [0.3, 0.4) is 0 Å². The molecule has 0 amide bonds. The Hall–Kier alpha value is -2.77. The summed E-state index contributed by atoms with van der Waals surface area (Å²) in [5, 5.41) is 12.9. The van der Waals surface area contributed by atoms with E-state index in [1.807, 2.05) is 13.0 Å². The van der Waals surface area contributed by atoms with Gasteiger partial charge < -0.3 is 19.7 Å². The van der Waals surface area contributed by atoms with Crippen molar-refractivity contribution in [3.8, 4) is 5.75 Å². The van der Waals surface area contributed by atoms with Crippen molar-refractivity contribution >= 4 is 34.0 Å². The molecule has 8 heteroatoms. The molecule has 0 saturated heterocycles. The van der Waals surface area contributed by atoms with Crippen LogP contribution in [0.15, 0.2) is 40.1 Å². The first-order valence-corrected chi connectivity index (χ1v) is 9.21. The second-order valence-corrected chi connectivity index (χ2v) is 7.03. The molecule has 0 aliphatic rings. The van der Waals surface area contributed by atoms with Gasteiger partial charge in [0.2, 0.25) is 5.43 Å². The first-order valence-electron chi connectivity index (χ1n) is 8.83. The molecule has 3 aromatic rings. The molecule has 2 aromatic heterocycles. The third-order valence-electron chi connectivity index (χ3n) is 4.46. The lowest BCUT2D eigenvalue weighted by Crippen LogP contribution is -2.24. The maximum Gasteiger partial charge on any atom is 0.253 e. The number of ether oxygens (including phenoxy) is 1. The predicted molar refractivity (Wildman–Crippen MR) is 111 cm³/mol. The van der Waals surface area contributed by atoms with Crippen LogP contribution in [0.2, 0.25) is 5.02 Å². The van der Waals surface area contributed by atoms with E-state index in [1.54, 1.807) is 37.0 Å². The fourth-order valence-electron chi connectivity index (χ4n) is 3.06. The Bertz CT molecular complexity index is 1150. The van der Waals surface area contributed by atoms with Crippen molar-refractivity contribution in [3.05, 3.63) is 61.6 Å². The summed E-state index contributed by atoms with van der Waals surface area (Å²) in [5.41, 5.74) is 1.81. The number of aryl methyl sites for hydroxylation is 3. The first kappa shape index (κ1) is 20.0. The number of pyridine rings is 2. The summed E-state index contributed by atoms with van der Waals surface area (Å²) in [5.74, 6) is 0.153. The number of nitrogens with zero attached hydrogens (tertiary/aromatic N) is 2. The van der Waals surface area contributed by atoms with Gasteiger partial charge in [-0.25, -0.2) is 0 Å². The summed E-state index contributed by atoms with van der Waals surface area (Å²) < 4.78 is 8.63. The second-order valence-electron chi connectivity index (χ2n) is 6.62. The predicted octanol–water partition coefficient (Wildman–Crippen LogP) is 2.70. The molecule has 0 atom stereocenters. The highest BCUT2D eigenvalue weighted by Gasteiger charge is 2.17. The third kappa shape index (κ3) is 3.76. The van der Waals surface area contributed by atoms with E-state index in [4.69, 9.17) is 21.4 Å². The number of benzene rings is 1. The summed E-state index contributed by atoms with van der Waals surface area (Å²) in [6.45, 7) is 2.12. The van der Waals surface area contributed by atoms with E-state index in [9.17, 15) is 9.59 Å². The van der Waals surface area contributed by atoms with E-state index in [1.165, 1.54) is 10.6 Å². The summed E-state index contributed by atoms with van der Waals surface area (Å²) >= 11 is 6.31. The van der Waals surface area contributed by atoms with E-state index in [2.05, 4.69) is 5.32 Å². The fraction of sp³-hybridized carbons (Fsp3) is 0.300. The maximum atomic E-state index is 13.1. The number of halogens is 1. The molecule has 0 radical (unpaired) electrons. The van der Waals surface area contributed by atoms with E-state index in [0.29, 0.717) is 33.9 Å². The molecule has 2 N–H and O–H groups in total. The van der Waals surface area contributed by atoms with Gasteiger partial charge in [-0.15, -0.1) is 0 Å². The van der Waals surface area contributed by atoms with Crippen LogP contribution in [0.4, 0.5) is 11.4 Å². The minimum absolute atomic E-state index is 0.0267. The van der Waals surface area contributed by atoms with E-state index in [0.717, 1.165) is 5.56 Å². The number of rotatable bonds is 6. The average molecular weight is 404 g/mol. The van der Waals surface area contributed by atoms with Crippen LogP contribution in [-0.4, -0.2) is 27.5 Å². The molecule has 0 fully saturated rings. The first-order chi connectivity index (χ1) is 13.3. The Morgan fingerprint density at radius 3 is 2.61 bits per heavy atom. The largest absolute Gasteiger partial charge is 0.488 e. The molecule has 0 saturated carbocycles. The zero-order valence-corrected chi connectivity index (χ0v) is 16.7. The van der Waals surface area contributed by atoms with Gasteiger partial charge >= 0.3 is 0 Å². The molecule has 0 bridgehead atoms. The van der Waals surface area contributed by atoms with Crippen LogP contribution in [0.5, 0.6) is 5.75 Å². The van der Waals surface area contributed by atoms with Crippen LogP contribution in [0.1, 0.15) is 12.0 Å². The quantitative estimate of drug-likeness (QED) is 0.618. The van der Waals surface area contributed by atoms with Gasteiger partial charge in [-0.2, -0.15) is 0 Å². The van der Waals surface area contributed by atoms with E-state index >= 15 is 0 Å². The molecular formula is C20H22ClN3O4. The number of nitrogens with one attached hydrogen (secondary N) is 1. The van der Waals surface area contributed by atoms with Crippen LogP contribution >= 0.6 is 11.6 Å². The molecule has 0 aliphatic heterocycles. The molecule has 148 valence electrons. The normalized spacial score (nSPS) is 11.0. The highest BCUT2D eigenvalue weighted by Crippen LogP contribution is 2.29. The van der Waals surface area contributed by atoms with E-state index in [-0.39, 0.29) is 30.0 Å². The molecule has 7 nitrogen and oxygen atoms in total. The van der Waals surface area contributed by atoms with Gasteiger partial charge in [-0.1, -0.05) is 17.7 Å². The maximum absolute atomic E-state index is 13.1. The number of aliphatic hydroxyl groups excluding tert-OH is 1. The highest BCUT2D eigenvalue weighted by molar-refractivity contribution is 6.33. The van der Waals surface area contributed by atoms with Gasteiger partial charge in [-0.05, 0) is 24.6 Å². The number of fused-ring (bicyclic) bond motifs is 1. The molecule has 28 heavy (non-hydrogen) atoms. The second kappa shape index (κ2) is 8.08. The van der Waals surface area contributed by atoms with Gasteiger partial charge in [0.1, 0.15) is 5.65 Å². The van der Waals surface area contributed by atoms with Crippen molar-refractivity contribution in [2.24, 2.45) is 14.1 Å². The van der Waals surface area contributed by atoms with Gasteiger partial charge in [0.15, 0.2) is 5.75 Å². The number of hydrogen-bond donors (Lipinski definition) is 2. The van der Waals surface area contributed by atoms with Crippen molar-refractivity contribution < 1.29 is 9.84 Å². The lowest BCUT2D eigenvalue weighted by molar-refractivity contribution is 0.232. The Morgan fingerprint density at radius 1 is 1.18 bits per heavy atom. The summed E-state index contributed by atoms with van der Waals surface area (Å²) in [4.78, 5) is 25.6. The fourth-order valence-corrected chi connectivity index (χ4v) is 3.34. The number of anilines is 2.